The van der Waals surface area contributed by atoms with Gasteiger partial charge in [-0.2, -0.15) is 0 Å². The minimum atomic E-state index is -0.367. The molecule has 0 radical (unpaired) electrons. The number of hydrogen-bond donors (Lipinski definition) is 0. The number of benzene rings is 1. The van der Waals surface area contributed by atoms with Crippen molar-refractivity contribution in [3.63, 3.8) is 0 Å². The standard InChI is InChI=1S/C16H18N2O3/c1-11-6-4-5-9-17(11)14(19)10-18-15(20)12-7-2-3-8-13(12)16(18)21/h2-3,7-8,11H,4-6,9-10H2,1H3/t11-/m1/s1. The smallest absolute Gasteiger partial charge is 0.262 e. The highest BCUT2D eigenvalue weighted by Gasteiger charge is 2.37. The van der Waals surface area contributed by atoms with Crippen molar-refractivity contribution in [1.82, 2.24) is 9.80 Å². The number of fused-ring (bicyclic) bond motifs is 1. The van der Waals surface area contributed by atoms with Crippen LogP contribution in [0.15, 0.2) is 24.3 Å². The summed E-state index contributed by atoms with van der Waals surface area (Å²) in [5.41, 5.74) is 0.781. The van der Waals surface area contributed by atoms with Gasteiger partial charge in [0.15, 0.2) is 0 Å². The van der Waals surface area contributed by atoms with Crippen LogP contribution in [0.4, 0.5) is 0 Å². The largest absolute Gasteiger partial charge is 0.338 e. The van der Waals surface area contributed by atoms with Crippen molar-refractivity contribution < 1.29 is 14.4 Å². The lowest BCUT2D eigenvalue weighted by Gasteiger charge is -2.34. The highest BCUT2D eigenvalue weighted by molar-refractivity contribution is 6.22. The molecule has 1 aromatic rings. The van der Waals surface area contributed by atoms with Crippen LogP contribution in [0.2, 0.25) is 0 Å². The van der Waals surface area contributed by atoms with Crippen LogP contribution >= 0.6 is 0 Å². The molecule has 0 N–H and O–H groups in total. The molecule has 110 valence electrons. The molecule has 5 nitrogen and oxygen atoms in total. The van der Waals surface area contributed by atoms with Crippen LogP contribution in [-0.4, -0.2) is 46.7 Å². The van der Waals surface area contributed by atoms with E-state index in [9.17, 15) is 14.4 Å². The normalized spacial score (nSPS) is 21.7. The lowest BCUT2D eigenvalue weighted by molar-refractivity contribution is -0.134. The summed E-state index contributed by atoms with van der Waals surface area (Å²) in [4.78, 5) is 39.7. The lowest BCUT2D eigenvalue weighted by atomic mass is 10.0. The first kappa shape index (κ1) is 13.8. The van der Waals surface area contributed by atoms with E-state index in [0.717, 1.165) is 24.2 Å². The Morgan fingerprint density at radius 2 is 1.76 bits per heavy atom. The van der Waals surface area contributed by atoms with E-state index < -0.39 is 0 Å². The zero-order valence-electron chi connectivity index (χ0n) is 12.0. The summed E-state index contributed by atoms with van der Waals surface area (Å²) in [5.74, 6) is -0.876. The molecule has 2 aliphatic heterocycles. The van der Waals surface area contributed by atoms with Gasteiger partial charge in [0.2, 0.25) is 5.91 Å². The number of imide groups is 1. The highest BCUT2D eigenvalue weighted by Crippen LogP contribution is 2.23. The van der Waals surface area contributed by atoms with Crippen LogP contribution < -0.4 is 0 Å². The summed E-state index contributed by atoms with van der Waals surface area (Å²) >= 11 is 0. The van der Waals surface area contributed by atoms with E-state index in [4.69, 9.17) is 0 Å². The summed E-state index contributed by atoms with van der Waals surface area (Å²) in [7, 11) is 0. The molecular formula is C16H18N2O3. The molecule has 21 heavy (non-hydrogen) atoms. The fraction of sp³-hybridized carbons (Fsp3) is 0.438. The van der Waals surface area contributed by atoms with Gasteiger partial charge in [-0.3, -0.25) is 19.3 Å². The SMILES string of the molecule is C[C@@H]1CCCCN1C(=O)CN1C(=O)c2ccccc2C1=O. The molecule has 1 saturated heterocycles. The summed E-state index contributed by atoms with van der Waals surface area (Å²) < 4.78 is 0. The third kappa shape index (κ3) is 2.33. The van der Waals surface area contributed by atoms with Gasteiger partial charge in [0.1, 0.15) is 6.54 Å². The molecule has 0 saturated carbocycles. The van der Waals surface area contributed by atoms with Gasteiger partial charge in [-0.1, -0.05) is 12.1 Å². The van der Waals surface area contributed by atoms with E-state index in [2.05, 4.69) is 0 Å². The Kier molecular flexibility index (Phi) is 3.49. The monoisotopic (exact) mass is 286 g/mol. The number of piperidine rings is 1. The van der Waals surface area contributed by atoms with Crippen molar-refractivity contribution in [3.05, 3.63) is 35.4 Å². The van der Waals surface area contributed by atoms with Gasteiger partial charge in [-0.25, -0.2) is 0 Å². The van der Waals surface area contributed by atoms with Crippen LogP contribution in [0.5, 0.6) is 0 Å². The van der Waals surface area contributed by atoms with Gasteiger partial charge < -0.3 is 4.90 Å². The molecule has 1 aromatic carbocycles. The number of hydrogen-bond acceptors (Lipinski definition) is 3. The molecule has 2 heterocycles. The molecule has 0 bridgehead atoms. The van der Waals surface area contributed by atoms with E-state index in [1.54, 1.807) is 29.2 Å². The zero-order chi connectivity index (χ0) is 15.0. The predicted molar refractivity (Wildman–Crippen MR) is 76.8 cm³/mol. The average molecular weight is 286 g/mol. The first-order chi connectivity index (χ1) is 10.1. The summed E-state index contributed by atoms with van der Waals surface area (Å²) in [6.45, 7) is 2.57. The van der Waals surface area contributed by atoms with Crippen molar-refractivity contribution in [2.75, 3.05) is 13.1 Å². The van der Waals surface area contributed by atoms with Crippen LogP contribution in [0.25, 0.3) is 0 Å². The van der Waals surface area contributed by atoms with Gasteiger partial charge in [-0.05, 0) is 38.3 Å². The number of rotatable bonds is 2. The summed E-state index contributed by atoms with van der Waals surface area (Å²) in [6.07, 6.45) is 3.09. The highest BCUT2D eigenvalue weighted by atomic mass is 16.2. The van der Waals surface area contributed by atoms with E-state index >= 15 is 0 Å². The second-order valence-electron chi connectivity index (χ2n) is 5.67. The molecule has 3 rings (SSSR count). The maximum Gasteiger partial charge on any atom is 0.262 e. The first-order valence-corrected chi connectivity index (χ1v) is 7.34. The Morgan fingerprint density at radius 3 is 2.33 bits per heavy atom. The predicted octanol–water partition coefficient (Wildman–Crippen LogP) is 1.68. The number of amides is 3. The maximum absolute atomic E-state index is 12.4. The second-order valence-corrected chi connectivity index (χ2v) is 5.67. The third-order valence-electron chi connectivity index (χ3n) is 4.29. The number of likely N-dealkylation sites (tertiary alicyclic amines) is 1. The van der Waals surface area contributed by atoms with Crippen molar-refractivity contribution >= 4 is 17.7 Å². The van der Waals surface area contributed by atoms with Crippen LogP contribution in [0.3, 0.4) is 0 Å². The van der Waals surface area contributed by atoms with Crippen molar-refractivity contribution in [2.24, 2.45) is 0 Å². The fourth-order valence-electron chi connectivity index (χ4n) is 3.08. The van der Waals surface area contributed by atoms with Crippen molar-refractivity contribution in [3.8, 4) is 0 Å². The molecule has 1 atom stereocenters. The molecular weight excluding hydrogens is 268 g/mol. The van der Waals surface area contributed by atoms with Crippen LogP contribution in [-0.2, 0) is 4.79 Å². The molecule has 2 aliphatic rings. The Bertz CT molecular complexity index is 576. The topological polar surface area (TPSA) is 57.7 Å². The molecule has 0 aliphatic carbocycles. The average Bonchev–Trinajstić information content (AvgIpc) is 2.73. The van der Waals surface area contributed by atoms with E-state index in [1.807, 2.05) is 6.92 Å². The minimum Gasteiger partial charge on any atom is -0.338 e. The number of carbonyl (C=O) groups is 3. The Balaban J connectivity index is 1.76. The quantitative estimate of drug-likeness (QED) is 0.777. The van der Waals surface area contributed by atoms with E-state index in [1.165, 1.54) is 0 Å². The lowest BCUT2D eigenvalue weighted by Crippen LogP contribution is -2.48. The Morgan fingerprint density at radius 1 is 1.14 bits per heavy atom. The zero-order valence-corrected chi connectivity index (χ0v) is 12.0. The summed E-state index contributed by atoms with van der Waals surface area (Å²) in [6, 6.07) is 6.89. The molecule has 0 unspecified atom stereocenters. The maximum atomic E-state index is 12.4. The molecule has 0 spiro atoms. The van der Waals surface area contributed by atoms with Gasteiger partial charge >= 0.3 is 0 Å². The number of nitrogens with zero attached hydrogens (tertiary/aromatic N) is 2. The minimum absolute atomic E-state index is 0.142. The Hall–Kier alpha value is -2.17. The van der Waals surface area contributed by atoms with Crippen molar-refractivity contribution in [2.45, 2.75) is 32.2 Å². The van der Waals surface area contributed by atoms with Gasteiger partial charge in [-0.15, -0.1) is 0 Å². The van der Waals surface area contributed by atoms with Gasteiger partial charge in [0.25, 0.3) is 11.8 Å². The van der Waals surface area contributed by atoms with Crippen LogP contribution in [0.1, 0.15) is 46.9 Å². The first-order valence-electron chi connectivity index (χ1n) is 7.34. The van der Waals surface area contributed by atoms with Gasteiger partial charge in [0.05, 0.1) is 11.1 Å². The van der Waals surface area contributed by atoms with E-state index in [0.29, 0.717) is 17.7 Å². The molecule has 5 heteroatoms. The van der Waals surface area contributed by atoms with E-state index in [-0.39, 0.29) is 30.3 Å². The Labute approximate surface area is 123 Å². The molecule has 3 amide bonds. The fourth-order valence-corrected chi connectivity index (χ4v) is 3.08. The van der Waals surface area contributed by atoms with Gasteiger partial charge in [0, 0.05) is 12.6 Å². The molecule has 1 fully saturated rings. The summed E-state index contributed by atoms with van der Waals surface area (Å²) in [5, 5.41) is 0. The van der Waals surface area contributed by atoms with Crippen molar-refractivity contribution in [1.29, 1.82) is 0 Å². The second kappa shape index (κ2) is 5.31. The number of carbonyl (C=O) groups excluding carboxylic acids is 3. The third-order valence-corrected chi connectivity index (χ3v) is 4.29. The van der Waals surface area contributed by atoms with Crippen LogP contribution in [0, 0.1) is 0 Å². The molecule has 0 aromatic heterocycles.